The van der Waals surface area contributed by atoms with Crippen molar-refractivity contribution >= 4 is 33.6 Å². The summed E-state index contributed by atoms with van der Waals surface area (Å²) in [6, 6.07) is 3.35. The van der Waals surface area contributed by atoms with Crippen molar-refractivity contribution in [2.75, 3.05) is 19.5 Å². The van der Waals surface area contributed by atoms with Gasteiger partial charge in [-0.2, -0.15) is 5.26 Å². The van der Waals surface area contributed by atoms with Crippen LogP contribution in [0.3, 0.4) is 0 Å². The van der Waals surface area contributed by atoms with Gasteiger partial charge in [0.1, 0.15) is 17.4 Å². The monoisotopic (exact) mass is 419 g/mol. The largest absolute Gasteiger partial charge is 0.492 e. The van der Waals surface area contributed by atoms with E-state index in [0.29, 0.717) is 35.2 Å². The Hall–Kier alpha value is -2.99. The third-order valence-electron chi connectivity index (χ3n) is 4.13. The number of rotatable bonds is 3. The van der Waals surface area contributed by atoms with Crippen LogP contribution in [0.1, 0.15) is 38.4 Å². The van der Waals surface area contributed by atoms with Crippen molar-refractivity contribution < 1.29 is 24.2 Å². The zero-order valence-electron chi connectivity index (χ0n) is 13.7. The number of aromatic nitrogens is 1. The number of benzene rings is 1. The minimum atomic E-state index is -1.12. The molecule has 0 aliphatic carbocycles. The van der Waals surface area contributed by atoms with Crippen LogP contribution in [0.2, 0.25) is 0 Å². The molecular formula is C17H14BrN3O5. The Labute approximate surface area is 156 Å². The fraction of sp³-hybridized carbons (Fsp3) is 0.235. The fourth-order valence-corrected chi connectivity index (χ4v) is 3.66. The number of ether oxygens (including phenoxy) is 2. The number of nitrogen functional groups attached to an aromatic ring is 1. The van der Waals surface area contributed by atoms with Gasteiger partial charge in [0, 0.05) is 16.2 Å². The lowest BCUT2D eigenvalue weighted by Crippen LogP contribution is -2.18. The SMILES string of the molecule is COC(=O)c1c(N)c(C#N)cn1-c1c(Br)cc(C(=O)O)c2c1CCCO2. The number of anilines is 1. The third kappa shape index (κ3) is 2.68. The van der Waals surface area contributed by atoms with Crippen LogP contribution in [0, 0.1) is 11.3 Å². The van der Waals surface area contributed by atoms with Crippen molar-refractivity contribution in [2.45, 2.75) is 12.8 Å². The number of carbonyl (C=O) groups is 2. The van der Waals surface area contributed by atoms with E-state index in [1.807, 2.05) is 6.07 Å². The molecule has 0 atom stereocenters. The van der Waals surface area contributed by atoms with Crippen LogP contribution in [0.15, 0.2) is 16.7 Å². The Morgan fingerprint density at radius 3 is 2.85 bits per heavy atom. The van der Waals surface area contributed by atoms with Gasteiger partial charge in [0.05, 0.1) is 30.7 Å². The van der Waals surface area contributed by atoms with Gasteiger partial charge in [0.15, 0.2) is 5.69 Å². The van der Waals surface area contributed by atoms with Crippen LogP contribution in [0.25, 0.3) is 5.69 Å². The summed E-state index contributed by atoms with van der Waals surface area (Å²) in [6.45, 7) is 0.398. The number of esters is 1. The molecular weight excluding hydrogens is 406 g/mol. The van der Waals surface area contributed by atoms with E-state index >= 15 is 0 Å². The van der Waals surface area contributed by atoms with Crippen molar-refractivity contribution in [1.82, 2.24) is 4.57 Å². The molecule has 134 valence electrons. The number of hydrogen-bond acceptors (Lipinski definition) is 6. The molecule has 1 aromatic carbocycles. The maximum atomic E-state index is 12.2. The van der Waals surface area contributed by atoms with Crippen molar-refractivity contribution in [2.24, 2.45) is 0 Å². The second kappa shape index (κ2) is 6.72. The summed E-state index contributed by atoms with van der Waals surface area (Å²) >= 11 is 3.38. The molecule has 1 aliphatic rings. The summed E-state index contributed by atoms with van der Waals surface area (Å²) in [4.78, 5) is 23.8. The number of halogens is 1. The molecule has 1 aromatic heterocycles. The molecule has 0 fully saturated rings. The Morgan fingerprint density at radius 1 is 1.50 bits per heavy atom. The molecule has 2 aromatic rings. The highest BCUT2D eigenvalue weighted by atomic mass is 79.9. The highest BCUT2D eigenvalue weighted by Crippen LogP contribution is 2.40. The molecule has 0 spiro atoms. The minimum Gasteiger partial charge on any atom is -0.492 e. The van der Waals surface area contributed by atoms with Crippen LogP contribution < -0.4 is 10.5 Å². The van der Waals surface area contributed by atoms with Gasteiger partial charge in [-0.25, -0.2) is 9.59 Å². The number of nitrogens with zero attached hydrogens (tertiary/aromatic N) is 2. The molecule has 9 heteroatoms. The number of fused-ring (bicyclic) bond motifs is 1. The first-order chi connectivity index (χ1) is 12.4. The number of nitrogens with two attached hydrogens (primary N) is 1. The van der Waals surface area contributed by atoms with E-state index in [2.05, 4.69) is 15.9 Å². The molecule has 0 saturated carbocycles. The maximum Gasteiger partial charge on any atom is 0.357 e. The Morgan fingerprint density at radius 2 is 2.23 bits per heavy atom. The predicted octanol–water partition coefficient (Wildman–Crippen LogP) is 2.50. The second-order valence-electron chi connectivity index (χ2n) is 5.60. The fourth-order valence-electron chi connectivity index (χ4n) is 3.01. The van der Waals surface area contributed by atoms with Gasteiger partial charge < -0.3 is 24.9 Å². The van der Waals surface area contributed by atoms with E-state index in [4.69, 9.17) is 15.2 Å². The molecule has 1 aliphatic heterocycles. The van der Waals surface area contributed by atoms with Crippen LogP contribution in [0.4, 0.5) is 5.69 Å². The smallest absolute Gasteiger partial charge is 0.357 e. The van der Waals surface area contributed by atoms with Gasteiger partial charge in [-0.3, -0.25) is 0 Å². The number of carboxylic acids is 1. The number of carboxylic acid groups (broad SMARTS) is 1. The zero-order valence-corrected chi connectivity index (χ0v) is 15.3. The van der Waals surface area contributed by atoms with Crippen LogP contribution in [-0.2, 0) is 11.2 Å². The van der Waals surface area contributed by atoms with Crippen molar-refractivity contribution in [3.05, 3.63) is 39.1 Å². The van der Waals surface area contributed by atoms with Crippen LogP contribution in [-0.4, -0.2) is 35.3 Å². The van der Waals surface area contributed by atoms with Gasteiger partial charge in [0.25, 0.3) is 0 Å². The molecule has 0 unspecified atom stereocenters. The van der Waals surface area contributed by atoms with E-state index in [0.717, 1.165) is 0 Å². The Bertz CT molecular complexity index is 974. The first-order valence-electron chi connectivity index (χ1n) is 7.61. The maximum absolute atomic E-state index is 12.2. The molecule has 3 N–H and O–H groups in total. The van der Waals surface area contributed by atoms with E-state index in [1.165, 1.54) is 23.9 Å². The van der Waals surface area contributed by atoms with Crippen LogP contribution in [0.5, 0.6) is 5.75 Å². The van der Waals surface area contributed by atoms with Gasteiger partial charge >= 0.3 is 11.9 Å². The molecule has 26 heavy (non-hydrogen) atoms. The zero-order chi connectivity index (χ0) is 19.0. The second-order valence-corrected chi connectivity index (χ2v) is 6.45. The lowest BCUT2D eigenvalue weighted by atomic mass is 9.99. The molecule has 0 bridgehead atoms. The van der Waals surface area contributed by atoms with Gasteiger partial charge in [-0.05, 0) is 34.8 Å². The minimum absolute atomic E-state index is 0.000554. The first kappa shape index (κ1) is 17.8. The number of carbonyl (C=O) groups excluding carboxylic acids is 1. The third-order valence-corrected chi connectivity index (χ3v) is 4.74. The summed E-state index contributed by atoms with van der Waals surface area (Å²) in [5, 5.41) is 18.7. The standard InChI is InChI=1S/C17H14BrN3O5/c1-25-17(24)14-12(20)8(6-19)7-21(14)13-9-3-2-4-26-15(9)10(16(22)23)5-11(13)18/h5,7H,2-4,20H2,1H3,(H,22,23). The molecule has 8 nitrogen and oxygen atoms in total. The highest BCUT2D eigenvalue weighted by molar-refractivity contribution is 9.10. The number of nitriles is 1. The number of aromatic carboxylic acids is 1. The van der Waals surface area contributed by atoms with Gasteiger partial charge in [0.2, 0.25) is 0 Å². The lowest BCUT2D eigenvalue weighted by Gasteiger charge is -2.24. The van der Waals surface area contributed by atoms with Crippen molar-refractivity contribution in [1.29, 1.82) is 5.26 Å². The molecule has 0 radical (unpaired) electrons. The van der Waals surface area contributed by atoms with E-state index in [9.17, 15) is 20.0 Å². The first-order valence-corrected chi connectivity index (χ1v) is 8.41. The Kier molecular flexibility index (Phi) is 4.61. The molecule has 3 rings (SSSR count). The highest BCUT2D eigenvalue weighted by Gasteiger charge is 2.29. The molecule has 0 saturated heterocycles. The van der Waals surface area contributed by atoms with Crippen LogP contribution >= 0.6 is 15.9 Å². The summed E-state index contributed by atoms with van der Waals surface area (Å²) in [5.74, 6) is -1.57. The van der Waals surface area contributed by atoms with Gasteiger partial charge in [-0.15, -0.1) is 0 Å². The quantitative estimate of drug-likeness (QED) is 0.731. The number of hydrogen-bond donors (Lipinski definition) is 2. The predicted molar refractivity (Wildman–Crippen MR) is 94.7 cm³/mol. The average molecular weight is 420 g/mol. The summed E-state index contributed by atoms with van der Waals surface area (Å²) in [5.41, 5.74) is 7.20. The van der Waals surface area contributed by atoms with Crippen molar-refractivity contribution in [3.63, 3.8) is 0 Å². The normalized spacial score (nSPS) is 12.7. The topological polar surface area (TPSA) is 128 Å². The molecule has 2 heterocycles. The van der Waals surface area contributed by atoms with Gasteiger partial charge in [-0.1, -0.05) is 0 Å². The summed E-state index contributed by atoms with van der Waals surface area (Å²) < 4.78 is 12.3. The van der Waals surface area contributed by atoms with E-state index in [1.54, 1.807) is 0 Å². The van der Waals surface area contributed by atoms with E-state index < -0.39 is 11.9 Å². The van der Waals surface area contributed by atoms with E-state index in [-0.39, 0.29) is 28.3 Å². The summed E-state index contributed by atoms with van der Waals surface area (Å²) in [7, 11) is 1.21. The average Bonchev–Trinajstić information content (AvgIpc) is 2.96. The number of methoxy groups -OCH3 is 1. The lowest BCUT2D eigenvalue weighted by molar-refractivity contribution is 0.0591. The molecule has 0 amide bonds. The van der Waals surface area contributed by atoms with Crippen molar-refractivity contribution in [3.8, 4) is 17.5 Å². The Balaban J connectivity index is 2.37. The summed E-state index contributed by atoms with van der Waals surface area (Å²) in [6.07, 6.45) is 2.66.